The van der Waals surface area contributed by atoms with Gasteiger partial charge in [-0.25, -0.2) is 0 Å². The molecule has 40 valence electrons. The Bertz CT molecular complexity index is 46.5. The summed E-state index contributed by atoms with van der Waals surface area (Å²) in [5.41, 5.74) is 0. The highest BCUT2D eigenvalue weighted by Gasteiger charge is 1.61. The second kappa shape index (κ2) is 16.0. The van der Waals surface area contributed by atoms with Crippen molar-refractivity contribution < 1.29 is 0 Å². The summed E-state index contributed by atoms with van der Waals surface area (Å²) in [6, 6.07) is 0. The molecule has 0 heterocycles. The van der Waals surface area contributed by atoms with Gasteiger partial charge in [-0.2, -0.15) is 0 Å². The quantitative estimate of drug-likeness (QED) is 0.366. The van der Waals surface area contributed by atoms with Gasteiger partial charge in [-0.05, 0) is 6.42 Å². The molecular formula is C5H11ClMg. The molecule has 0 N–H and O–H groups in total. The van der Waals surface area contributed by atoms with Crippen LogP contribution in [0.3, 0.4) is 0 Å². The zero-order chi connectivity index (χ0) is 4.12. The zero-order valence-electron chi connectivity index (χ0n) is 3.90. The summed E-state index contributed by atoms with van der Waals surface area (Å²) in [5.74, 6) is 2.52. The lowest BCUT2D eigenvalue weighted by molar-refractivity contribution is 0.984. The van der Waals surface area contributed by atoms with E-state index < -0.39 is 0 Å². The normalized spacial score (nSPS) is 4.57. The Morgan fingerprint density at radius 1 is 1.57 bits per heavy atom. The van der Waals surface area contributed by atoms with Crippen molar-refractivity contribution in [1.82, 2.24) is 0 Å². The number of unbranched alkanes of at least 4 members (excludes halogenated alkanes) is 1. The van der Waals surface area contributed by atoms with Gasteiger partial charge in [0.1, 0.15) is 0 Å². The number of hydrogen-bond acceptors (Lipinski definition) is 0. The SMILES string of the molecule is C#CCCC.Cl.[MgH2]. The van der Waals surface area contributed by atoms with Crippen molar-refractivity contribution in [2.24, 2.45) is 0 Å². The molecule has 0 atom stereocenters. The van der Waals surface area contributed by atoms with Gasteiger partial charge in [0.15, 0.2) is 0 Å². The van der Waals surface area contributed by atoms with E-state index in [1.807, 2.05) is 0 Å². The van der Waals surface area contributed by atoms with E-state index in [1.54, 1.807) is 0 Å². The van der Waals surface area contributed by atoms with Gasteiger partial charge in [0.25, 0.3) is 0 Å². The lowest BCUT2D eigenvalue weighted by Gasteiger charge is -1.69. The predicted octanol–water partition coefficient (Wildman–Crippen LogP) is 0.925. The first-order valence-electron chi connectivity index (χ1n) is 1.85. The largest absolute Gasteiger partial charge is 0.316 e. The van der Waals surface area contributed by atoms with Gasteiger partial charge in [0.2, 0.25) is 0 Å². The van der Waals surface area contributed by atoms with E-state index in [4.69, 9.17) is 6.42 Å². The van der Waals surface area contributed by atoms with Crippen molar-refractivity contribution in [3.8, 4) is 12.3 Å². The molecule has 0 saturated heterocycles. The molecular weight excluding hydrogens is 120 g/mol. The van der Waals surface area contributed by atoms with Gasteiger partial charge in [0.05, 0.1) is 0 Å². The van der Waals surface area contributed by atoms with Crippen molar-refractivity contribution >= 4 is 35.5 Å². The van der Waals surface area contributed by atoms with Gasteiger partial charge in [-0.1, -0.05) is 6.92 Å². The molecule has 0 aliphatic carbocycles. The summed E-state index contributed by atoms with van der Waals surface area (Å²) < 4.78 is 0. The lowest BCUT2D eigenvalue weighted by atomic mass is 10.4. The average molecular weight is 131 g/mol. The summed E-state index contributed by atoms with van der Waals surface area (Å²) in [5, 5.41) is 0. The zero-order valence-corrected chi connectivity index (χ0v) is 4.72. The Hall–Kier alpha value is 0.616. The Kier molecular flexibility index (Phi) is 35.7. The van der Waals surface area contributed by atoms with Gasteiger partial charge >= 0.3 is 23.1 Å². The molecule has 0 saturated carbocycles. The van der Waals surface area contributed by atoms with E-state index in [0.717, 1.165) is 12.8 Å². The Balaban J connectivity index is -0.0000000800. The first kappa shape index (κ1) is 15.6. The fraction of sp³-hybridized carbons (Fsp3) is 0.600. The molecule has 0 rings (SSSR count). The number of hydrogen-bond donors (Lipinski definition) is 0. The van der Waals surface area contributed by atoms with Crippen LogP contribution in [0.4, 0.5) is 0 Å². The monoisotopic (exact) mass is 130 g/mol. The van der Waals surface area contributed by atoms with Crippen molar-refractivity contribution in [2.75, 3.05) is 0 Å². The maximum absolute atomic E-state index is 4.89. The fourth-order valence-corrected chi connectivity index (χ4v) is 0.144. The Labute approximate surface area is 67.6 Å². The fourth-order valence-electron chi connectivity index (χ4n) is 0.144. The molecule has 7 heavy (non-hydrogen) atoms. The molecule has 2 heteroatoms. The number of terminal acetylenes is 1. The smallest absolute Gasteiger partial charge is 0.147 e. The van der Waals surface area contributed by atoms with E-state index in [2.05, 4.69) is 12.8 Å². The summed E-state index contributed by atoms with van der Waals surface area (Å²) in [6.45, 7) is 2.07. The van der Waals surface area contributed by atoms with Crippen molar-refractivity contribution in [3.05, 3.63) is 0 Å². The highest BCUT2D eigenvalue weighted by atomic mass is 35.5. The third-order valence-electron chi connectivity index (χ3n) is 0.394. The predicted molar refractivity (Wildman–Crippen MR) is 39.5 cm³/mol. The molecule has 0 bridgehead atoms. The minimum atomic E-state index is 0. The summed E-state index contributed by atoms with van der Waals surface area (Å²) in [6.07, 6.45) is 6.91. The van der Waals surface area contributed by atoms with E-state index in [-0.39, 0.29) is 35.5 Å². The molecule has 0 amide bonds. The molecule has 0 aliphatic rings. The maximum Gasteiger partial charge on any atom is 0.316 e. The van der Waals surface area contributed by atoms with E-state index >= 15 is 0 Å². The highest BCUT2D eigenvalue weighted by molar-refractivity contribution is 5.85. The van der Waals surface area contributed by atoms with Crippen LogP contribution in [0.5, 0.6) is 0 Å². The molecule has 0 aromatic carbocycles. The van der Waals surface area contributed by atoms with Crippen LogP contribution in [0.1, 0.15) is 19.8 Å². The van der Waals surface area contributed by atoms with Gasteiger partial charge in [0, 0.05) is 6.42 Å². The van der Waals surface area contributed by atoms with Crippen molar-refractivity contribution in [3.63, 3.8) is 0 Å². The lowest BCUT2D eigenvalue weighted by Crippen LogP contribution is -1.53. The van der Waals surface area contributed by atoms with Crippen LogP contribution in [-0.2, 0) is 0 Å². The van der Waals surface area contributed by atoms with Crippen molar-refractivity contribution in [2.45, 2.75) is 19.8 Å². The van der Waals surface area contributed by atoms with E-state index in [9.17, 15) is 0 Å². The summed E-state index contributed by atoms with van der Waals surface area (Å²) >= 11 is 0. The molecule has 0 fully saturated rings. The Morgan fingerprint density at radius 3 is 2.00 bits per heavy atom. The third-order valence-corrected chi connectivity index (χ3v) is 0.394. The van der Waals surface area contributed by atoms with Gasteiger partial charge in [-0.15, -0.1) is 24.8 Å². The molecule has 0 nitrogen and oxygen atoms in total. The Morgan fingerprint density at radius 2 is 2.00 bits per heavy atom. The van der Waals surface area contributed by atoms with Crippen LogP contribution in [0.2, 0.25) is 0 Å². The van der Waals surface area contributed by atoms with Gasteiger partial charge < -0.3 is 0 Å². The first-order chi connectivity index (χ1) is 2.41. The summed E-state index contributed by atoms with van der Waals surface area (Å²) in [7, 11) is 0. The van der Waals surface area contributed by atoms with Crippen LogP contribution in [0, 0.1) is 12.3 Å². The van der Waals surface area contributed by atoms with Crippen LogP contribution in [-0.4, -0.2) is 23.1 Å². The standard InChI is InChI=1S/C5H8.ClH.Mg.2H/c1-3-5-4-2;;;;/h1H,4-5H2,2H3;1H;;;. The third kappa shape index (κ3) is 20.6. The topological polar surface area (TPSA) is 0 Å². The molecule has 0 spiro atoms. The number of rotatable bonds is 1. The highest BCUT2D eigenvalue weighted by Crippen LogP contribution is 1.77. The molecule has 0 aromatic heterocycles. The number of halogens is 1. The second-order valence-electron chi connectivity index (χ2n) is 0.954. The van der Waals surface area contributed by atoms with Crippen LogP contribution < -0.4 is 0 Å². The minimum absolute atomic E-state index is 0. The molecule has 0 aromatic rings. The van der Waals surface area contributed by atoms with Crippen LogP contribution >= 0.6 is 12.4 Å². The average Bonchev–Trinajstić information content (AvgIpc) is 1.41. The van der Waals surface area contributed by atoms with Gasteiger partial charge in [-0.3, -0.25) is 0 Å². The van der Waals surface area contributed by atoms with E-state index in [0.29, 0.717) is 0 Å². The maximum atomic E-state index is 4.89. The molecule has 0 unspecified atom stereocenters. The molecule has 0 aliphatic heterocycles. The second-order valence-corrected chi connectivity index (χ2v) is 0.954. The van der Waals surface area contributed by atoms with Crippen molar-refractivity contribution in [1.29, 1.82) is 0 Å². The van der Waals surface area contributed by atoms with Crippen LogP contribution in [0.25, 0.3) is 0 Å². The first-order valence-corrected chi connectivity index (χ1v) is 1.85. The van der Waals surface area contributed by atoms with Crippen LogP contribution in [0.15, 0.2) is 0 Å². The van der Waals surface area contributed by atoms with E-state index in [1.165, 1.54) is 0 Å². The summed E-state index contributed by atoms with van der Waals surface area (Å²) in [4.78, 5) is 0. The molecule has 0 radical (unpaired) electrons. The minimum Gasteiger partial charge on any atom is -0.147 e.